The standard InChI is InChI=1S/C21H18N8O3/c22-8-13-9-23-27(10-13)5-6-28-12-17(25-26-28)14-1-2-16-15(7-14)11-29(21(16)32)18-3-4-19(30)24-20(18)31/h1-2,7,9-10,12,18H,3-6,11H2,(H,24,30,31). The maximum Gasteiger partial charge on any atom is 0.255 e. The van der Waals surface area contributed by atoms with Gasteiger partial charge in [0, 0.05) is 30.3 Å². The second-order valence-electron chi connectivity index (χ2n) is 7.74. The molecule has 11 nitrogen and oxygen atoms in total. The first-order chi connectivity index (χ1) is 15.5. The molecule has 3 amide bonds. The summed E-state index contributed by atoms with van der Waals surface area (Å²) >= 11 is 0. The Bertz CT molecular complexity index is 1280. The van der Waals surface area contributed by atoms with Crippen LogP contribution in [-0.2, 0) is 29.2 Å². The molecule has 1 fully saturated rings. The number of aromatic nitrogens is 5. The van der Waals surface area contributed by atoms with Crippen molar-refractivity contribution < 1.29 is 14.4 Å². The Balaban J connectivity index is 1.29. The van der Waals surface area contributed by atoms with Crippen molar-refractivity contribution in [3.8, 4) is 17.3 Å². The molecule has 1 saturated heterocycles. The molecule has 2 aliphatic heterocycles. The monoisotopic (exact) mass is 430 g/mol. The number of carbonyl (C=O) groups excluding carboxylic acids is 3. The molecule has 4 heterocycles. The Labute approximate surface area is 182 Å². The SMILES string of the molecule is N#Cc1cnn(CCn2cc(-c3ccc4c(c3)CN(C3CCC(=O)NC3=O)C4=O)nn2)c1. The molecule has 32 heavy (non-hydrogen) atoms. The van der Waals surface area contributed by atoms with Crippen LogP contribution in [0.3, 0.4) is 0 Å². The molecule has 1 aromatic carbocycles. The molecule has 1 atom stereocenters. The number of nitrogens with zero attached hydrogens (tertiary/aromatic N) is 7. The molecular formula is C21H18N8O3. The number of carbonyl (C=O) groups is 3. The van der Waals surface area contributed by atoms with Crippen molar-refractivity contribution in [2.75, 3.05) is 0 Å². The van der Waals surface area contributed by atoms with E-state index in [1.807, 2.05) is 24.4 Å². The molecule has 1 unspecified atom stereocenters. The lowest BCUT2D eigenvalue weighted by atomic mass is 10.0. The van der Waals surface area contributed by atoms with Gasteiger partial charge in [-0.15, -0.1) is 5.10 Å². The molecule has 0 bridgehead atoms. The number of rotatable bonds is 5. The number of piperidine rings is 1. The largest absolute Gasteiger partial charge is 0.322 e. The second-order valence-corrected chi connectivity index (χ2v) is 7.74. The van der Waals surface area contributed by atoms with Crippen LogP contribution in [0.1, 0.15) is 34.3 Å². The van der Waals surface area contributed by atoms with E-state index in [0.29, 0.717) is 42.9 Å². The van der Waals surface area contributed by atoms with Gasteiger partial charge in [-0.25, -0.2) is 0 Å². The molecule has 2 aliphatic rings. The number of nitriles is 1. The van der Waals surface area contributed by atoms with Crippen LogP contribution in [-0.4, -0.2) is 53.4 Å². The lowest BCUT2D eigenvalue weighted by Gasteiger charge is -2.29. The summed E-state index contributed by atoms with van der Waals surface area (Å²) in [6.45, 7) is 1.39. The molecule has 2 aromatic heterocycles. The highest BCUT2D eigenvalue weighted by atomic mass is 16.2. The van der Waals surface area contributed by atoms with Crippen molar-refractivity contribution in [3.63, 3.8) is 0 Å². The minimum atomic E-state index is -0.638. The minimum Gasteiger partial charge on any atom is -0.322 e. The van der Waals surface area contributed by atoms with E-state index >= 15 is 0 Å². The summed E-state index contributed by atoms with van der Waals surface area (Å²) in [5.74, 6) is -0.941. The second kappa shape index (κ2) is 7.73. The van der Waals surface area contributed by atoms with E-state index in [4.69, 9.17) is 5.26 Å². The fraction of sp³-hybridized carbons (Fsp3) is 0.286. The van der Waals surface area contributed by atoms with Crippen LogP contribution < -0.4 is 5.32 Å². The summed E-state index contributed by atoms with van der Waals surface area (Å²) in [6, 6.07) is 6.84. The lowest BCUT2D eigenvalue weighted by Crippen LogP contribution is -2.52. The Morgan fingerprint density at radius 3 is 2.78 bits per heavy atom. The molecule has 160 valence electrons. The summed E-state index contributed by atoms with van der Waals surface area (Å²) < 4.78 is 3.36. The summed E-state index contributed by atoms with van der Waals surface area (Å²) in [5, 5.41) is 23.7. The molecule has 3 aromatic rings. The highest BCUT2D eigenvalue weighted by Crippen LogP contribution is 2.30. The zero-order chi connectivity index (χ0) is 22.2. The van der Waals surface area contributed by atoms with Gasteiger partial charge in [0.1, 0.15) is 17.8 Å². The van der Waals surface area contributed by atoms with E-state index in [9.17, 15) is 14.4 Å². The molecule has 5 rings (SSSR count). The topological polar surface area (TPSA) is 139 Å². The molecule has 11 heteroatoms. The van der Waals surface area contributed by atoms with Gasteiger partial charge in [-0.05, 0) is 24.1 Å². The van der Waals surface area contributed by atoms with Gasteiger partial charge in [0.15, 0.2) is 0 Å². The lowest BCUT2D eigenvalue weighted by molar-refractivity contribution is -0.136. The van der Waals surface area contributed by atoms with Gasteiger partial charge in [-0.2, -0.15) is 10.4 Å². The first-order valence-corrected chi connectivity index (χ1v) is 10.1. The number of hydrogen-bond donors (Lipinski definition) is 1. The highest BCUT2D eigenvalue weighted by Gasteiger charge is 2.39. The Kier molecular flexibility index (Phi) is 4.74. The van der Waals surface area contributed by atoms with Gasteiger partial charge in [-0.1, -0.05) is 11.3 Å². The fourth-order valence-electron chi connectivity index (χ4n) is 4.02. The van der Waals surface area contributed by atoms with Crippen LogP contribution in [0.2, 0.25) is 0 Å². The van der Waals surface area contributed by atoms with Crippen LogP contribution in [0.5, 0.6) is 0 Å². The summed E-state index contributed by atoms with van der Waals surface area (Å²) in [6.07, 6.45) is 5.55. The number of imide groups is 1. The third-order valence-electron chi connectivity index (χ3n) is 5.68. The van der Waals surface area contributed by atoms with E-state index in [2.05, 4.69) is 20.7 Å². The molecular weight excluding hydrogens is 412 g/mol. The Morgan fingerprint density at radius 2 is 2.00 bits per heavy atom. The van der Waals surface area contributed by atoms with Crippen LogP contribution in [0.25, 0.3) is 11.3 Å². The molecule has 0 spiro atoms. The van der Waals surface area contributed by atoms with E-state index in [1.54, 1.807) is 21.6 Å². The van der Waals surface area contributed by atoms with Crippen molar-refractivity contribution in [2.45, 2.75) is 38.5 Å². The number of hydrogen-bond acceptors (Lipinski definition) is 7. The van der Waals surface area contributed by atoms with Crippen LogP contribution in [0, 0.1) is 11.3 Å². The van der Waals surface area contributed by atoms with Crippen LogP contribution in [0.4, 0.5) is 0 Å². The zero-order valence-electron chi connectivity index (χ0n) is 16.9. The molecule has 0 saturated carbocycles. The minimum absolute atomic E-state index is 0.208. The Morgan fingerprint density at radius 1 is 1.16 bits per heavy atom. The normalized spacial score (nSPS) is 17.9. The van der Waals surface area contributed by atoms with Gasteiger partial charge in [0.05, 0.1) is 31.0 Å². The van der Waals surface area contributed by atoms with Crippen molar-refractivity contribution >= 4 is 17.7 Å². The van der Waals surface area contributed by atoms with Gasteiger partial charge in [0.2, 0.25) is 11.8 Å². The van der Waals surface area contributed by atoms with Crippen molar-refractivity contribution in [1.29, 1.82) is 5.26 Å². The van der Waals surface area contributed by atoms with Crippen molar-refractivity contribution in [1.82, 2.24) is 35.0 Å². The average Bonchev–Trinajstić information content (AvgIpc) is 3.51. The average molecular weight is 430 g/mol. The molecule has 1 N–H and O–H groups in total. The highest BCUT2D eigenvalue weighted by molar-refractivity contribution is 6.05. The summed E-state index contributed by atoms with van der Waals surface area (Å²) in [7, 11) is 0. The fourth-order valence-corrected chi connectivity index (χ4v) is 4.02. The first kappa shape index (κ1) is 19.6. The zero-order valence-corrected chi connectivity index (χ0v) is 16.9. The van der Waals surface area contributed by atoms with Gasteiger partial charge in [-0.3, -0.25) is 29.1 Å². The maximum atomic E-state index is 12.8. The quantitative estimate of drug-likeness (QED) is 0.581. The van der Waals surface area contributed by atoms with E-state index in [-0.39, 0.29) is 18.2 Å². The predicted molar refractivity (Wildman–Crippen MR) is 108 cm³/mol. The summed E-state index contributed by atoms with van der Waals surface area (Å²) in [5.41, 5.74) is 3.35. The number of amides is 3. The van der Waals surface area contributed by atoms with Crippen LogP contribution >= 0.6 is 0 Å². The van der Waals surface area contributed by atoms with Crippen molar-refractivity contribution in [3.05, 3.63) is 53.5 Å². The number of nitrogens with one attached hydrogen (secondary N) is 1. The third kappa shape index (κ3) is 3.51. The number of benzene rings is 1. The van der Waals surface area contributed by atoms with Gasteiger partial charge in [0.25, 0.3) is 5.91 Å². The summed E-state index contributed by atoms with van der Waals surface area (Å²) in [4.78, 5) is 37.9. The van der Waals surface area contributed by atoms with E-state index in [0.717, 1.165) is 11.1 Å². The third-order valence-corrected chi connectivity index (χ3v) is 5.68. The van der Waals surface area contributed by atoms with Crippen LogP contribution in [0.15, 0.2) is 36.8 Å². The maximum absolute atomic E-state index is 12.8. The van der Waals surface area contributed by atoms with E-state index in [1.165, 1.54) is 11.1 Å². The van der Waals surface area contributed by atoms with E-state index < -0.39 is 11.9 Å². The molecule has 0 aliphatic carbocycles. The van der Waals surface area contributed by atoms with Gasteiger partial charge >= 0.3 is 0 Å². The Hall–Kier alpha value is -4.33. The molecule has 0 radical (unpaired) electrons. The smallest absolute Gasteiger partial charge is 0.255 e. The number of fused-ring (bicyclic) bond motifs is 1. The first-order valence-electron chi connectivity index (χ1n) is 10.1. The van der Waals surface area contributed by atoms with Crippen molar-refractivity contribution in [2.24, 2.45) is 0 Å². The predicted octanol–water partition coefficient (Wildman–Crippen LogP) is 0.474. The number of aryl methyl sites for hydroxylation is 2. The van der Waals surface area contributed by atoms with Gasteiger partial charge < -0.3 is 4.90 Å².